The molecule has 1 aromatic rings. The molecule has 4 nitrogen and oxygen atoms in total. The average molecular weight is 424 g/mol. The maximum Gasteiger partial charge on any atom is 0.179 e. The smallest absolute Gasteiger partial charge is 0.179 e. The zero-order chi connectivity index (χ0) is 15.7. The molecule has 1 saturated carbocycles. The lowest BCUT2D eigenvalue weighted by molar-refractivity contribution is 0.259. The number of nitrogens with zero attached hydrogens (tertiary/aromatic N) is 1. The lowest BCUT2D eigenvalue weighted by atomic mass is 9.78. The third-order valence-electron chi connectivity index (χ3n) is 5.08. The second-order valence-corrected chi connectivity index (χ2v) is 9.58. The molecule has 1 aliphatic heterocycles. The van der Waals surface area contributed by atoms with Crippen LogP contribution in [-0.2, 0) is 9.84 Å². The molecule has 0 amide bonds. The highest BCUT2D eigenvalue weighted by Gasteiger charge is 2.38. The van der Waals surface area contributed by atoms with Crippen molar-refractivity contribution in [2.75, 3.05) is 25.4 Å². The number of hydrogen-bond donors (Lipinski definition) is 1. The van der Waals surface area contributed by atoms with E-state index in [9.17, 15) is 8.42 Å². The van der Waals surface area contributed by atoms with Crippen molar-refractivity contribution in [3.8, 4) is 0 Å². The predicted octanol–water partition coefficient (Wildman–Crippen LogP) is 2.70. The van der Waals surface area contributed by atoms with E-state index in [2.05, 4.69) is 20.8 Å². The Hall–Kier alpha value is -0.140. The number of nitrogens with two attached hydrogens (primary N) is 1. The summed E-state index contributed by atoms with van der Waals surface area (Å²) in [4.78, 5) is 2.70. The van der Waals surface area contributed by atoms with Gasteiger partial charge in [0.15, 0.2) is 9.84 Å². The zero-order valence-electron chi connectivity index (χ0n) is 13.0. The second kappa shape index (κ2) is 7.83. The minimum absolute atomic E-state index is 0. The Morgan fingerprint density at radius 3 is 2.52 bits per heavy atom. The van der Waals surface area contributed by atoms with Crippen molar-refractivity contribution in [3.05, 3.63) is 28.7 Å². The molecule has 2 fully saturated rings. The van der Waals surface area contributed by atoms with E-state index in [1.807, 2.05) is 0 Å². The number of sulfone groups is 1. The van der Waals surface area contributed by atoms with Crippen LogP contribution in [0.2, 0.25) is 0 Å². The van der Waals surface area contributed by atoms with Crippen LogP contribution < -0.4 is 5.73 Å². The molecule has 130 valence electrons. The highest BCUT2D eigenvalue weighted by atomic mass is 79.9. The van der Waals surface area contributed by atoms with Gasteiger partial charge in [-0.15, -0.1) is 12.4 Å². The van der Waals surface area contributed by atoms with E-state index in [1.54, 1.807) is 24.3 Å². The molecule has 0 bridgehead atoms. The third-order valence-corrected chi connectivity index (χ3v) is 7.32. The number of benzene rings is 1. The van der Waals surface area contributed by atoms with E-state index in [-0.39, 0.29) is 18.2 Å². The van der Waals surface area contributed by atoms with Gasteiger partial charge >= 0.3 is 0 Å². The van der Waals surface area contributed by atoms with Gasteiger partial charge in [0, 0.05) is 30.1 Å². The van der Waals surface area contributed by atoms with Gasteiger partial charge in [-0.25, -0.2) is 8.42 Å². The Bertz CT molecular complexity index is 623. The fourth-order valence-electron chi connectivity index (χ4n) is 3.80. The summed E-state index contributed by atoms with van der Waals surface area (Å²) in [6.07, 6.45) is 3.58. The Morgan fingerprint density at radius 2 is 1.87 bits per heavy atom. The summed E-state index contributed by atoms with van der Waals surface area (Å²) in [5, 5.41) is 0. The molecule has 2 aliphatic rings. The van der Waals surface area contributed by atoms with Gasteiger partial charge in [-0.2, -0.15) is 0 Å². The Balaban J connectivity index is 0.00000192. The molecular weight excluding hydrogens is 400 g/mol. The Morgan fingerprint density at radius 1 is 1.17 bits per heavy atom. The van der Waals surface area contributed by atoms with Crippen LogP contribution in [0.3, 0.4) is 0 Å². The summed E-state index contributed by atoms with van der Waals surface area (Å²) in [7, 11) is -3.20. The molecule has 0 aromatic heterocycles. The first kappa shape index (κ1) is 19.2. The van der Waals surface area contributed by atoms with Crippen molar-refractivity contribution < 1.29 is 8.42 Å². The van der Waals surface area contributed by atoms with E-state index in [1.165, 1.54) is 12.8 Å². The molecule has 0 radical (unpaired) electrons. The average Bonchev–Trinajstić information content (AvgIpc) is 2.90. The lowest BCUT2D eigenvalue weighted by Gasteiger charge is -2.29. The molecule has 1 aromatic carbocycles. The third kappa shape index (κ3) is 4.48. The molecular formula is C16H24BrClN2O2S. The molecule has 7 heteroatoms. The van der Waals surface area contributed by atoms with Crippen molar-refractivity contribution in [1.29, 1.82) is 0 Å². The molecule has 3 rings (SSSR count). The SMILES string of the molecule is Cl.NC1CCCC2CN(CCS(=O)(=O)c3ccc(Br)cc3)CC12. The van der Waals surface area contributed by atoms with Crippen LogP contribution in [0.15, 0.2) is 33.6 Å². The highest BCUT2D eigenvalue weighted by Crippen LogP contribution is 2.35. The molecule has 2 N–H and O–H groups in total. The number of rotatable bonds is 4. The standard InChI is InChI=1S/C16H23BrN2O2S.ClH/c17-13-4-6-14(7-5-13)22(20,21)9-8-19-10-12-2-1-3-16(18)15(12)11-19;/h4-7,12,15-16H,1-3,8-11,18H2;1H. The molecule has 1 saturated heterocycles. The summed E-state index contributed by atoms with van der Waals surface area (Å²) < 4.78 is 25.7. The quantitative estimate of drug-likeness (QED) is 0.809. The number of fused-ring (bicyclic) bond motifs is 1. The van der Waals surface area contributed by atoms with E-state index >= 15 is 0 Å². The van der Waals surface area contributed by atoms with Crippen LogP contribution in [0.4, 0.5) is 0 Å². The summed E-state index contributed by atoms with van der Waals surface area (Å²) in [6.45, 7) is 2.58. The zero-order valence-corrected chi connectivity index (χ0v) is 16.2. The highest BCUT2D eigenvalue weighted by molar-refractivity contribution is 9.10. The van der Waals surface area contributed by atoms with Crippen LogP contribution in [0.5, 0.6) is 0 Å². The normalized spacial score (nSPS) is 28.2. The van der Waals surface area contributed by atoms with Crippen LogP contribution in [0.25, 0.3) is 0 Å². The minimum atomic E-state index is -3.20. The summed E-state index contributed by atoms with van der Waals surface area (Å²) >= 11 is 3.33. The van der Waals surface area contributed by atoms with Crippen LogP contribution in [-0.4, -0.2) is 44.7 Å². The van der Waals surface area contributed by atoms with Crippen molar-refractivity contribution >= 4 is 38.2 Å². The van der Waals surface area contributed by atoms with Gasteiger partial charge in [0.05, 0.1) is 10.6 Å². The van der Waals surface area contributed by atoms with Crippen molar-refractivity contribution in [2.24, 2.45) is 17.6 Å². The van der Waals surface area contributed by atoms with Crippen molar-refractivity contribution in [3.63, 3.8) is 0 Å². The summed E-state index contributed by atoms with van der Waals surface area (Å²) in [5.41, 5.74) is 6.22. The Labute approximate surface area is 153 Å². The topological polar surface area (TPSA) is 63.4 Å². The molecule has 3 unspecified atom stereocenters. The van der Waals surface area contributed by atoms with E-state index in [0.717, 1.165) is 24.0 Å². The van der Waals surface area contributed by atoms with Gasteiger partial charge in [0.2, 0.25) is 0 Å². The maximum absolute atomic E-state index is 12.4. The fourth-order valence-corrected chi connectivity index (χ4v) is 5.35. The van der Waals surface area contributed by atoms with Gasteiger partial charge in [-0.3, -0.25) is 0 Å². The van der Waals surface area contributed by atoms with E-state index < -0.39 is 9.84 Å². The van der Waals surface area contributed by atoms with Crippen LogP contribution in [0.1, 0.15) is 19.3 Å². The second-order valence-electron chi connectivity index (χ2n) is 6.55. The first-order valence-electron chi connectivity index (χ1n) is 7.92. The largest absolute Gasteiger partial charge is 0.327 e. The predicted molar refractivity (Wildman–Crippen MR) is 98.7 cm³/mol. The van der Waals surface area contributed by atoms with Gasteiger partial charge < -0.3 is 10.6 Å². The molecule has 3 atom stereocenters. The number of hydrogen-bond acceptors (Lipinski definition) is 4. The number of halogens is 2. The summed E-state index contributed by atoms with van der Waals surface area (Å²) in [6, 6.07) is 7.18. The first-order valence-corrected chi connectivity index (χ1v) is 10.4. The Kier molecular flexibility index (Phi) is 6.53. The van der Waals surface area contributed by atoms with Gasteiger partial charge in [0.1, 0.15) is 0 Å². The van der Waals surface area contributed by atoms with E-state index in [4.69, 9.17) is 5.73 Å². The van der Waals surface area contributed by atoms with E-state index in [0.29, 0.717) is 29.3 Å². The monoisotopic (exact) mass is 422 g/mol. The van der Waals surface area contributed by atoms with Gasteiger partial charge in [-0.05, 0) is 48.9 Å². The molecule has 1 heterocycles. The molecule has 23 heavy (non-hydrogen) atoms. The first-order chi connectivity index (χ1) is 10.5. The van der Waals surface area contributed by atoms with Crippen molar-refractivity contribution in [2.45, 2.75) is 30.2 Å². The van der Waals surface area contributed by atoms with Crippen molar-refractivity contribution in [1.82, 2.24) is 4.90 Å². The molecule has 1 aliphatic carbocycles. The fraction of sp³-hybridized carbons (Fsp3) is 0.625. The minimum Gasteiger partial charge on any atom is -0.327 e. The van der Waals surface area contributed by atoms with Crippen LogP contribution in [0, 0.1) is 11.8 Å². The molecule has 0 spiro atoms. The summed E-state index contributed by atoms with van der Waals surface area (Å²) in [5.74, 6) is 1.41. The number of likely N-dealkylation sites (tertiary alicyclic amines) is 1. The lowest BCUT2D eigenvalue weighted by Crippen LogP contribution is -2.38. The van der Waals surface area contributed by atoms with Crippen LogP contribution >= 0.6 is 28.3 Å². The van der Waals surface area contributed by atoms with Gasteiger partial charge in [-0.1, -0.05) is 22.4 Å². The van der Waals surface area contributed by atoms with Gasteiger partial charge in [0.25, 0.3) is 0 Å². The maximum atomic E-state index is 12.4.